The molecule has 0 aliphatic carbocycles. The largest absolute Gasteiger partial charge is 0.573 e. The van der Waals surface area contributed by atoms with Crippen LogP contribution in [0.1, 0.15) is 32.4 Å². The van der Waals surface area contributed by atoms with E-state index in [1.165, 1.54) is 29.2 Å². The van der Waals surface area contributed by atoms with Crippen molar-refractivity contribution in [3.05, 3.63) is 54.6 Å². The Kier molecular flexibility index (Phi) is 6.58. The van der Waals surface area contributed by atoms with Crippen molar-refractivity contribution in [2.75, 3.05) is 44.2 Å². The van der Waals surface area contributed by atoms with Crippen LogP contribution in [0.4, 0.5) is 28.0 Å². The maximum absolute atomic E-state index is 13.5. The topological polar surface area (TPSA) is 93.0 Å². The average Bonchev–Trinajstić information content (AvgIpc) is 3.19. The average molecular weight is 603 g/mol. The van der Waals surface area contributed by atoms with Crippen molar-refractivity contribution in [1.29, 1.82) is 0 Å². The van der Waals surface area contributed by atoms with E-state index >= 15 is 0 Å². The van der Waals surface area contributed by atoms with Crippen molar-refractivity contribution >= 4 is 28.7 Å². The van der Waals surface area contributed by atoms with Gasteiger partial charge < -0.3 is 24.2 Å². The normalized spacial score (nSPS) is 18.3. The summed E-state index contributed by atoms with van der Waals surface area (Å²) < 4.78 is 62.5. The number of aromatic nitrogens is 3. The molecule has 0 saturated carbocycles. The summed E-state index contributed by atoms with van der Waals surface area (Å²) in [6.07, 6.45) is -3.51. The Morgan fingerprint density at radius 1 is 1.00 bits per heavy atom. The number of ether oxygens (including phenoxy) is 2. The van der Waals surface area contributed by atoms with E-state index in [-0.39, 0.29) is 36.3 Å². The van der Waals surface area contributed by atoms with Gasteiger partial charge >= 0.3 is 12.5 Å². The fourth-order valence-electron chi connectivity index (χ4n) is 5.91. The Balaban J connectivity index is 1.28. The highest BCUT2D eigenvalue weighted by Crippen LogP contribution is 2.46. The molecule has 3 aliphatic rings. The molecule has 3 aliphatic heterocycles. The van der Waals surface area contributed by atoms with Gasteiger partial charge in [-0.2, -0.15) is 5.10 Å². The van der Waals surface area contributed by atoms with E-state index in [9.17, 15) is 27.2 Å². The van der Waals surface area contributed by atoms with E-state index in [2.05, 4.69) is 21.2 Å². The number of fused-ring (bicyclic) bond motifs is 1. The van der Waals surface area contributed by atoms with Crippen LogP contribution in [0.5, 0.6) is 5.75 Å². The maximum Gasteiger partial charge on any atom is 0.573 e. The Hall–Kier alpha value is -4.36. The number of alkyl halides is 3. The van der Waals surface area contributed by atoms with Crippen LogP contribution in [0.15, 0.2) is 48.9 Å². The summed E-state index contributed by atoms with van der Waals surface area (Å²) in [6, 6.07) is 7.17. The lowest BCUT2D eigenvalue weighted by Gasteiger charge is -2.60. The predicted octanol–water partition coefficient (Wildman–Crippen LogP) is 4.79. The fraction of sp³-hybridized carbons (Fsp3) is 0.448. The second-order valence-corrected chi connectivity index (χ2v) is 12.4. The number of halogens is 4. The first kappa shape index (κ1) is 28.7. The summed E-state index contributed by atoms with van der Waals surface area (Å²) in [5.41, 5.74) is 1.83. The molecule has 5 heterocycles. The number of anilines is 1. The quantitative estimate of drug-likeness (QED) is 0.307. The molecule has 10 nitrogen and oxygen atoms in total. The van der Waals surface area contributed by atoms with Crippen LogP contribution in [-0.4, -0.2) is 87.8 Å². The summed E-state index contributed by atoms with van der Waals surface area (Å²) in [5, 5.41) is 5.55. The second-order valence-electron chi connectivity index (χ2n) is 12.4. The van der Waals surface area contributed by atoms with Crippen LogP contribution in [0.2, 0.25) is 0 Å². The minimum absolute atomic E-state index is 0.0574. The van der Waals surface area contributed by atoms with Crippen LogP contribution < -0.4 is 9.64 Å². The Morgan fingerprint density at radius 2 is 1.65 bits per heavy atom. The molecule has 2 aromatic heterocycles. The number of hydrogen-bond donors (Lipinski definition) is 0. The van der Waals surface area contributed by atoms with Crippen molar-refractivity contribution < 1.29 is 36.6 Å². The number of carbonyl (C=O) groups excluding carboxylic acids is 2. The van der Waals surface area contributed by atoms with Crippen LogP contribution in [0.3, 0.4) is 0 Å². The van der Waals surface area contributed by atoms with Gasteiger partial charge in [0, 0.05) is 56.8 Å². The van der Waals surface area contributed by atoms with Gasteiger partial charge in [0.15, 0.2) is 11.5 Å². The highest BCUT2D eigenvalue weighted by molar-refractivity contribution is 5.95. The molecular weight excluding hydrogens is 572 g/mol. The lowest BCUT2D eigenvalue weighted by molar-refractivity contribution is -0.274. The van der Waals surface area contributed by atoms with E-state index < -0.39 is 23.7 Å². The predicted molar refractivity (Wildman–Crippen MR) is 148 cm³/mol. The molecule has 3 fully saturated rings. The number of hydrogen-bond acceptors (Lipinski definition) is 7. The maximum atomic E-state index is 13.5. The van der Waals surface area contributed by atoms with Crippen LogP contribution >= 0.6 is 0 Å². The van der Waals surface area contributed by atoms with Gasteiger partial charge in [0.1, 0.15) is 11.4 Å². The Labute approximate surface area is 244 Å². The minimum Gasteiger partial charge on any atom is -0.444 e. The van der Waals surface area contributed by atoms with Gasteiger partial charge in [-0.1, -0.05) is 6.58 Å². The van der Waals surface area contributed by atoms with Gasteiger partial charge in [0.25, 0.3) is 5.91 Å². The molecule has 43 heavy (non-hydrogen) atoms. The standard InChI is InChI=1S/C29H30F4N6O4/c1-17(30)25(40)36-11-18(12-36)23-22-21(37-13-28(14-37)15-38(16-28)26(41)43-27(2,3)4)9-10-34-24(22)39(35-23)19-5-7-20(8-6-19)42-29(31,32)33/h5-10,18H,1,11-16H2,2-4H3. The second kappa shape index (κ2) is 9.85. The summed E-state index contributed by atoms with van der Waals surface area (Å²) in [5.74, 6) is -2.40. The summed E-state index contributed by atoms with van der Waals surface area (Å²) in [7, 11) is 0. The molecule has 3 saturated heterocycles. The van der Waals surface area contributed by atoms with Gasteiger partial charge in [-0.15, -0.1) is 13.2 Å². The molecule has 0 unspecified atom stereocenters. The highest BCUT2D eigenvalue weighted by Gasteiger charge is 2.54. The van der Waals surface area contributed by atoms with Crippen molar-refractivity contribution in [2.45, 2.75) is 38.7 Å². The zero-order valence-electron chi connectivity index (χ0n) is 23.8. The first-order valence-corrected chi connectivity index (χ1v) is 13.7. The number of benzene rings is 1. The zero-order chi connectivity index (χ0) is 30.9. The number of carbonyl (C=O) groups is 2. The number of nitrogens with zero attached hydrogens (tertiary/aromatic N) is 6. The number of amides is 2. The smallest absolute Gasteiger partial charge is 0.444 e. The molecular formula is C29H30F4N6O4. The molecule has 0 radical (unpaired) electrons. The van der Waals surface area contributed by atoms with E-state index in [1.54, 1.807) is 15.8 Å². The molecule has 3 aromatic rings. The molecule has 1 spiro atoms. The first-order chi connectivity index (χ1) is 20.1. The van der Waals surface area contributed by atoms with Crippen LogP contribution in [0, 0.1) is 5.41 Å². The number of pyridine rings is 1. The molecule has 1 aromatic carbocycles. The van der Waals surface area contributed by atoms with Gasteiger partial charge in [-0.05, 0) is 51.1 Å². The molecule has 14 heteroatoms. The van der Waals surface area contributed by atoms with Gasteiger partial charge in [-0.25, -0.2) is 18.9 Å². The molecule has 0 N–H and O–H groups in total. The van der Waals surface area contributed by atoms with Crippen molar-refractivity contribution in [3.8, 4) is 11.4 Å². The van der Waals surface area contributed by atoms with Gasteiger partial charge in [0.2, 0.25) is 0 Å². The molecule has 0 atom stereocenters. The van der Waals surface area contributed by atoms with Crippen LogP contribution in [0.25, 0.3) is 16.7 Å². The summed E-state index contributed by atoms with van der Waals surface area (Å²) in [4.78, 5) is 34.3. The van der Waals surface area contributed by atoms with E-state index in [4.69, 9.17) is 9.84 Å². The summed E-state index contributed by atoms with van der Waals surface area (Å²) in [6.45, 7) is 11.6. The van der Waals surface area contributed by atoms with E-state index in [0.29, 0.717) is 43.2 Å². The third kappa shape index (κ3) is 5.45. The molecule has 6 rings (SSSR count). The van der Waals surface area contributed by atoms with Crippen molar-refractivity contribution in [1.82, 2.24) is 24.6 Å². The molecule has 2 amide bonds. The lowest BCUT2D eigenvalue weighted by Crippen LogP contribution is -2.73. The van der Waals surface area contributed by atoms with Crippen molar-refractivity contribution in [2.24, 2.45) is 5.41 Å². The Bertz CT molecular complexity index is 1590. The zero-order valence-corrected chi connectivity index (χ0v) is 23.8. The Morgan fingerprint density at radius 3 is 2.23 bits per heavy atom. The monoisotopic (exact) mass is 602 g/mol. The third-order valence-corrected chi connectivity index (χ3v) is 7.77. The number of likely N-dealkylation sites (tertiary alicyclic amines) is 2. The summed E-state index contributed by atoms with van der Waals surface area (Å²) >= 11 is 0. The fourth-order valence-corrected chi connectivity index (χ4v) is 5.91. The minimum atomic E-state index is -4.82. The highest BCUT2D eigenvalue weighted by atomic mass is 19.4. The SMILES string of the molecule is C=C(F)C(=O)N1CC(c2nn(-c3ccc(OC(F)(F)F)cc3)c3nccc(N4CC5(CN(C(=O)OC(C)(C)C)C5)C4)c23)C1. The first-order valence-electron chi connectivity index (χ1n) is 13.7. The van der Waals surface area contributed by atoms with E-state index in [0.717, 1.165) is 11.1 Å². The molecule has 0 bridgehead atoms. The third-order valence-electron chi connectivity index (χ3n) is 7.77. The molecule has 228 valence electrons. The van der Waals surface area contributed by atoms with Gasteiger partial charge in [-0.3, -0.25) is 4.79 Å². The van der Waals surface area contributed by atoms with Gasteiger partial charge in [0.05, 0.1) is 22.5 Å². The number of rotatable bonds is 5. The van der Waals surface area contributed by atoms with Crippen LogP contribution in [-0.2, 0) is 9.53 Å². The van der Waals surface area contributed by atoms with Crippen molar-refractivity contribution in [3.63, 3.8) is 0 Å². The van der Waals surface area contributed by atoms with E-state index in [1.807, 2.05) is 26.8 Å². The lowest BCUT2D eigenvalue weighted by atomic mass is 9.72.